The lowest BCUT2D eigenvalue weighted by Gasteiger charge is -2.35. The van der Waals surface area contributed by atoms with Gasteiger partial charge in [-0.3, -0.25) is 14.4 Å². The zero-order chi connectivity index (χ0) is 39.8. The highest BCUT2D eigenvalue weighted by molar-refractivity contribution is 5.84. The van der Waals surface area contributed by atoms with Crippen LogP contribution in [0.2, 0.25) is 0 Å². The lowest BCUT2D eigenvalue weighted by molar-refractivity contribution is -0.148. The van der Waals surface area contributed by atoms with E-state index in [-0.39, 0.29) is 55.6 Å². The van der Waals surface area contributed by atoms with E-state index in [1.54, 1.807) is 4.90 Å². The summed E-state index contributed by atoms with van der Waals surface area (Å²) in [6.45, 7) is 2.47. The highest BCUT2D eigenvalue weighted by Gasteiger charge is 2.35. The number of aromatic nitrogens is 2. The third-order valence-electron chi connectivity index (χ3n) is 12.3. The van der Waals surface area contributed by atoms with Crippen molar-refractivity contribution in [3.05, 3.63) is 83.2 Å². The van der Waals surface area contributed by atoms with Gasteiger partial charge in [0, 0.05) is 55.5 Å². The summed E-state index contributed by atoms with van der Waals surface area (Å²) < 4.78 is 45.8. The number of allylic oxidation sites excluding steroid dienone is 2. The first-order valence-corrected chi connectivity index (χ1v) is 20.0. The van der Waals surface area contributed by atoms with Crippen molar-refractivity contribution in [3.63, 3.8) is 0 Å². The van der Waals surface area contributed by atoms with Gasteiger partial charge in [-0.15, -0.1) is 0 Å². The summed E-state index contributed by atoms with van der Waals surface area (Å²) in [6, 6.07) is 11.1. The average Bonchev–Trinajstić information content (AvgIpc) is 3.22. The molecule has 6 rings (SSSR count). The zero-order valence-electron chi connectivity index (χ0n) is 32.4. The fraction of sp³-hybridized carbons (Fsp3) is 0.523. The Hall–Kier alpha value is -4.74. The number of carboxylic acid groups (broad SMARTS) is 1. The number of carboxylic acids is 1. The van der Waals surface area contributed by atoms with Crippen LogP contribution in [0.5, 0.6) is 5.75 Å². The number of likely N-dealkylation sites (tertiary alicyclic amines) is 1. The Morgan fingerprint density at radius 2 is 1.61 bits per heavy atom. The van der Waals surface area contributed by atoms with Crippen LogP contribution in [-0.2, 0) is 33.5 Å². The van der Waals surface area contributed by atoms with Crippen LogP contribution in [0.1, 0.15) is 99.8 Å². The number of hydrogen-bond donors (Lipinski definition) is 1. The van der Waals surface area contributed by atoms with Crippen LogP contribution in [0.15, 0.2) is 60.9 Å². The Morgan fingerprint density at radius 1 is 0.911 bits per heavy atom. The quantitative estimate of drug-likeness (QED) is 0.185. The minimum absolute atomic E-state index is 0.0133. The van der Waals surface area contributed by atoms with Gasteiger partial charge < -0.3 is 19.6 Å². The summed E-state index contributed by atoms with van der Waals surface area (Å²) in [5.41, 5.74) is 3.14. The van der Waals surface area contributed by atoms with Gasteiger partial charge in [0.2, 0.25) is 11.8 Å². The first-order chi connectivity index (χ1) is 26.9. The van der Waals surface area contributed by atoms with Crippen LogP contribution in [0.4, 0.5) is 13.2 Å². The van der Waals surface area contributed by atoms with Crippen LogP contribution >= 0.6 is 0 Å². The third-order valence-corrected chi connectivity index (χ3v) is 12.3. The Bertz CT molecular complexity index is 1850. The van der Waals surface area contributed by atoms with E-state index in [1.807, 2.05) is 36.7 Å². The molecular formula is C44H53F3N4O5. The van der Waals surface area contributed by atoms with Gasteiger partial charge in [-0.1, -0.05) is 62.6 Å². The van der Waals surface area contributed by atoms with Gasteiger partial charge in [-0.2, -0.15) is 13.2 Å². The number of methoxy groups -OCH3 is 1. The minimum Gasteiger partial charge on any atom is -0.497 e. The maximum absolute atomic E-state index is 13.6. The number of hydrogen-bond acceptors (Lipinski definition) is 6. The van der Waals surface area contributed by atoms with Crippen molar-refractivity contribution in [2.75, 3.05) is 26.7 Å². The first-order valence-electron chi connectivity index (χ1n) is 20.0. The molecule has 2 aromatic carbocycles. The maximum atomic E-state index is 13.6. The predicted octanol–water partition coefficient (Wildman–Crippen LogP) is 8.86. The molecule has 300 valence electrons. The van der Waals surface area contributed by atoms with E-state index in [4.69, 9.17) is 4.74 Å². The number of piperidine rings is 1. The lowest BCUT2D eigenvalue weighted by atomic mass is 9.71. The summed E-state index contributed by atoms with van der Waals surface area (Å²) in [5.74, 6) is 1.03. The number of rotatable bonds is 13. The summed E-state index contributed by atoms with van der Waals surface area (Å²) in [4.78, 5) is 50.6. The molecule has 1 aromatic heterocycles. The van der Waals surface area contributed by atoms with E-state index in [0.29, 0.717) is 18.7 Å². The molecule has 56 heavy (non-hydrogen) atoms. The third kappa shape index (κ3) is 10.4. The molecule has 2 aliphatic carbocycles. The molecule has 1 atom stereocenters. The highest BCUT2D eigenvalue weighted by Crippen LogP contribution is 2.42. The second-order valence-corrected chi connectivity index (χ2v) is 15.7. The number of aliphatic carboxylic acids is 1. The first kappa shape index (κ1) is 40.9. The van der Waals surface area contributed by atoms with Crippen LogP contribution in [0.3, 0.4) is 0 Å². The Balaban J connectivity index is 0.996. The van der Waals surface area contributed by atoms with Crippen molar-refractivity contribution in [1.29, 1.82) is 0 Å². The monoisotopic (exact) mass is 774 g/mol. The van der Waals surface area contributed by atoms with E-state index in [1.165, 1.54) is 68.2 Å². The summed E-state index contributed by atoms with van der Waals surface area (Å²) >= 11 is 0. The van der Waals surface area contributed by atoms with E-state index in [0.717, 1.165) is 53.4 Å². The molecule has 2 fully saturated rings. The number of ether oxygens (including phenoxy) is 1. The zero-order valence-corrected chi connectivity index (χ0v) is 32.4. The number of alkyl halides is 3. The van der Waals surface area contributed by atoms with E-state index in [2.05, 4.69) is 23.0 Å². The molecule has 1 saturated carbocycles. The summed E-state index contributed by atoms with van der Waals surface area (Å²) in [7, 11) is 1.29. The van der Waals surface area contributed by atoms with Gasteiger partial charge in [0.05, 0.1) is 12.7 Å². The van der Waals surface area contributed by atoms with Gasteiger partial charge in [0.15, 0.2) is 5.82 Å². The molecule has 3 aromatic rings. The molecule has 0 radical (unpaired) electrons. The fourth-order valence-electron chi connectivity index (χ4n) is 8.81. The van der Waals surface area contributed by atoms with Gasteiger partial charge in [0.1, 0.15) is 12.3 Å². The molecule has 2 amide bonds. The highest BCUT2D eigenvalue weighted by atomic mass is 19.4. The van der Waals surface area contributed by atoms with Crippen LogP contribution in [0, 0.1) is 23.7 Å². The van der Waals surface area contributed by atoms with Crippen LogP contribution in [0.25, 0.3) is 17.0 Å². The molecule has 12 heteroatoms. The van der Waals surface area contributed by atoms with Crippen LogP contribution < -0.4 is 4.74 Å². The molecule has 9 nitrogen and oxygen atoms in total. The Morgan fingerprint density at radius 3 is 2.20 bits per heavy atom. The topological polar surface area (TPSA) is 113 Å². The van der Waals surface area contributed by atoms with Crippen molar-refractivity contribution in [2.45, 2.75) is 96.7 Å². The number of nitrogens with zero attached hydrogens (tertiary/aromatic N) is 4. The second kappa shape index (κ2) is 18.5. The largest absolute Gasteiger partial charge is 0.497 e. The molecule has 1 saturated heterocycles. The van der Waals surface area contributed by atoms with Gasteiger partial charge in [-0.05, 0) is 98.0 Å². The lowest BCUT2D eigenvalue weighted by Crippen LogP contribution is -2.45. The number of carbonyl (C=O) groups excluding carboxylic acids is 2. The smallest absolute Gasteiger partial charge is 0.416 e. The fourth-order valence-corrected chi connectivity index (χ4v) is 8.81. The molecule has 3 aliphatic rings. The van der Waals surface area contributed by atoms with E-state index in [9.17, 15) is 32.7 Å². The molecule has 1 N–H and O–H groups in total. The van der Waals surface area contributed by atoms with E-state index < -0.39 is 30.2 Å². The number of halogens is 3. The Kier molecular flexibility index (Phi) is 13.5. The van der Waals surface area contributed by atoms with Crippen molar-refractivity contribution in [1.82, 2.24) is 19.8 Å². The average molecular weight is 775 g/mol. The second-order valence-electron chi connectivity index (χ2n) is 15.7. The normalized spacial score (nSPS) is 20.6. The number of carbonyl (C=O) groups is 3. The Labute approximate surface area is 327 Å². The molecule has 0 spiro atoms. The number of aryl methyl sites for hydroxylation is 1. The van der Waals surface area contributed by atoms with Crippen LogP contribution in [-0.4, -0.2) is 69.4 Å². The number of benzene rings is 2. The molecule has 2 heterocycles. The molecule has 1 aliphatic heterocycles. The molecule has 0 bridgehead atoms. The predicted molar refractivity (Wildman–Crippen MR) is 207 cm³/mol. The standard InChI is InChI=1S/C44H53F3N4O5/c1-3-29-4-8-31(9-5-29)32-12-14-33(15-13-32)37-25-48-42(49-26-37)35-10-6-30(7-11-35)27-51(28-41(53)54)43(55)36-20-22-50(23-21-36)40(52)19-17-34-16-18-38(56-2)24-39(34)44(45,46)47/h6-7,10-11,14,16,18,24-26,29,31-32,36H,3-5,8-9,12-13,15,17,19-23,27-28H2,1-2H3,(H,53,54)/t29-,31-,32?. The van der Waals surface area contributed by atoms with Crippen molar-refractivity contribution in [3.8, 4) is 17.1 Å². The molecular weight excluding hydrogens is 722 g/mol. The SMILES string of the molecule is CC[C@H]1CC[C@H](C2CC=C(c3cnc(-c4ccc(CN(CC(=O)O)C(=O)C5CCN(C(=O)CCc6ccc(OC)cc6C(F)(F)F)CC5)cc4)nc3)CC2)CC1. The van der Waals surface area contributed by atoms with Gasteiger partial charge >= 0.3 is 12.1 Å². The molecule has 1 unspecified atom stereocenters. The van der Waals surface area contributed by atoms with Crippen molar-refractivity contribution < 1.29 is 37.4 Å². The summed E-state index contributed by atoms with van der Waals surface area (Å²) in [5, 5.41) is 9.63. The van der Waals surface area contributed by atoms with E-state index >= 15 is 0 Å². The maximum Gasteiger partial charge on any atom is 0.416 e. The minimum atomic E-state index is -4.58. The van der Waals surface area contributed by atoms with Crippen molar-refractivity contribution >= 4 is 23.4 Å². The summed E-state index contributed by atoms with van der Waals surface area (Å²) in [6.07, 6.45) is 12.3. The van der Waals surface area contributed by atoms with Crippen molar-refractivity contribution in [2.24, 2.45) is 23.7 Å². The van der Waals surface area contributed by atoms with Gasteiger partial charge in [-0.25, -0.2) is 9.97 Å². The van der Waals surface area contributed by atoms with Gasteiger partial charge in [0.25, 0.3) is 0 Å². The number of amides is 2.